The van der Waals surface area contributed by atoms with Gasteiger partial charge in [-0.2, -0.15) is 0 Å². The molecule has 29 heavy (non-hydrogen) atoms. The summed E-state index contributed by atoms with van der Waals surface area (Å²) in [6.07, 6.45) is 1.45. The molecule has 0 aliphatic carbocycles. The van der Waals surface area contributed by atoms with Gasteiger partial charge in [0.1, 0.15) is 0 Å². The highest BCUT2D eigenvalue weighted by molar-refractivity contribution is 6.50. The Morgan fingerprint density at radius 1 is 1.00 bits per heavy atom. The van der Waals surface area contributed by atoms with Crippen LogP contribution in [-0.2, 0) is 21.4 Å². The van der Waals surface area contributed by atoms with Crippen LogP contribution in [0.15, 0.2) is 60.8 Å². The van der Waals surface area contributed by atoms with Crippen molar-refractivity contribution in [2.24, 2.45) is 7.05 Å². The van der Waals surface area contributed by atoms with Crippen molar-refractivity contribution < 1.29 is 14.3 Å². The van der Waals surface area contributed by atoms with E-state index in [9.17, 15) is 9.59 Å². The number of nitrogens with one attached hydrogen (secondary N) is 1. The number of imide groups is 1. The summed E-state index contributed by atoms with van der Waals surface area (Å²) in [4.78, 5) is 31.3. The summed E-state index contributed by atoms with van der Waals surface area (Å²) in [5, 5.41) is 1.94. The molecule has 1 unspecified atom stereocenters. The summed E-state index contributed by atoms with van der Waals surface area (Å²) in [7, 11) is 1.94. The van der Waals surface area contributed by atoms with Gasteiger partial charge in [0.05, 0.1) is 23.4 Å². The molecule has 1 saturated heterocycles. The molecule has 6 rings (SSSR count). The maximum Gasteiger partial charge on any atom is 0.265 e. The van der Waals surface area contributed by atoms with Crippen molar-refractivity contribution in [1.29, 1.82) is 0 Å². The number of hydrogen-bond acceptors (Lipinski definition) is 3. The Morgan fingerprint density at radius 3 is 2.52 bits per heavy atom. The molecule has 2 aliphatic heterocycles. The first-order valence-corrected chi connectivity index (χ1v) is 9.50. The summed E-state index contributed by atoms with van der Waals surface area (Å²) in [5.41, 5.74) is 4.17. The molecule has 0 radical (unpaired) electrons. The van der Waals surface area contributed by atoms with Gasteiger partial charge < -0.3 is 14.3 Å². The predicted octanol–water partition coefficient (Wildman–Crippen LogP) is 3.30. The molecular weight excluding hydrogens is 366 g/mol. The van der Waals surface area contributed by atoms with E-state index in [0.717, 1.165) is 27.4 Å². The lowest BCUT2D eigenvalue weighted by Gasteiger charge is -2.10. The monoisotopic (exact) mass is 383 g/mol. The van der Waals surface area contributed by atoms with E-state index < -0.39 is 6.23 Å². The van der Waals surface area contributed by atoms with Gasteiger partial charge in [-0.3, -0.25) is 9.59 Å². The first-order chi connectivity index (χ1) is 14.1. The third-order valence-corrected chi connectivity index (χ3v) is 5.68. The number of epoxide rings is 1. The second kappa shape index (κ2) is 5.68. The lowest BCUT2D eigenvalue weighted by molar-refractivity contribution is -0.138. The zero-order valence-corrected chi connectivity index (χ0v) is 15.7. The summed E-state index contributed by atoms with van der Waals surface area (Å²) >= 11 is 0. The molecule has 1 N–H and O–H groups in total. The zero-order valence-electron chi connectivity index (χ0n) is 15.7. The summed E-state index contributed by atoms with van der Waals surface area (Å²) in [5.74, 6) is -0.616. The number of nitrogens with zero attached hydrogens (tertiary/aromatic N) is 2. The normalized spacial score (nSPS) is 19.2. The van der Waals surface area contributed by atoms with Crippen LogP contribution in [0.25, 0.3) is 33.0 Å². The average molecular weight is 383 g/mol. The van der Waals surface area contributed by atoms with Gasteiger partial charge in [0.15, 0.2) is 6.23 Å². The molecule has 2 aromatic carbocycles. The molecule has 0 spiro atoms. The third-order valence-electron chi connectivity index (χ3n) is 5.68. The lowest BCUT2D eigenvalue weighted by Crippen LogP contribution is -2.34. The first-order valence-electron chi connectivity index (χ1n) is 9.50. The second-order valence-corrected chi connectivity index (χ2v) is 7.46. The Balaban J connectivity index is 1.65. The summed E-state index contributed by atoms with van der Waals surface area (Å²) < 4.78 is 7.28. The predicted molar refractivity (Wildman–Crippen MR) is 110 cm³/mol. The number of hydrogen-bond donors (Lipinski definition) is 1. The maximum atomic E-state index is 13.4. The Morgan fingerprint density at radius 2 is 1.72 bits per heavy atom. The maximum absolute atomic E-state index is 13.4. The third kappa shape index (κ3) is 2.26. The minimum absolute atomic E-state index is 0.303. The SMILES string of the molecule is Cn1cc(C2=C(c3cc4ccccc4[nH]3)C(=O)N(C3CO3)C2=O)c2ccccc21. The van der Waals surface area contributed by atoms with E-state index in [1.54, 1.807) is 0 Å². The van der Waals surface area contributed by atoms with E-state index in [-0.39, 0.29) is 11.8 Å². The molecule has 6 heteroatoms. The lowest BCUT2D eigenvalue weighted by atomic mass is 9.99. The van der Waals surface area contributed by atoms with Gasteiger partial charge in [-0.15, -0.1) is 0 Å². The second-order valence-electron chi connectivity index (χ2n) is 7.46. The fourth-order valence-electron chi connectivity index (χ4n) is 4.25. The van der Waals surface area contributed by atoms with Crippen LogP contribution in [0.1, 0.15) is 11.3 Å². The fraction of sp³-hybridized carbons (Fsp3) is 0.130. The molecule has 2 aromatic heterocycles. The molecule has 1 fully saturated rings. The molecule has 2 aliphatic rings. The largest absolute Gasteiger partial charge is 0.354 e. The van der Waals surface area contributed by atoms with Gasteiger partial charge in [0.25, 0.3) is 11.8 Å². The summed E-state index contributed by atoms with van der Waals surface area (Å²) in [6.45, 7) is 0.389. The molecule has 2 amide bonds. The van der Waals surface area contributed by atoms with Gasteiger partial charge in [0, 0.05) is 40.6 Å². The van der Waals surface area contributed by atoms with E-state index in [4.69, 9.17) is 4.74 Å². The van der Waals surface area contributed by atoms with Crippen LogP contribution in [-0.4, -0.2) is 39.1 Å². The Kier molecular flexibility index (Phi) is 3.20. The number of carbonyl (C=O) groups is 2. The number of amides is 2. The quantitative estimate of drug-likeness (QED) is 0.436. The number of fused-ring (bicyclic) bond motifs is 2. The number of aromatic amines is 1. The van der Waals surface area contributed by atoms with Crippen LogP contribution in [0.2, 0.25) is 0 Å². The Hall–Kier alpha value is -3.64. The van der Waals surface area contributed by atoms with Crippen molar-refractivity contribution in [3.8, 4) is 0 Å². The van der Waals surface area contributed by atoms with Crippen molar-refractivity contribution in [1.82, 2.24) is 14.5 Å². The number of rotatable bonds is 3. The smallest absolute Gasteiger partial charge is 0.265 e. The van der Waals surface area contributed by atoms with E-state index in [1.807, 2.05) is 72.4 Å². The Bertz CT molecular complexity index is 1340. The van der Waals surface area contributed by atoms with Crippen LogP contribution in [0, 0.1) is 0 Å². The summed E-state index contributed by atoms with van der Waals surface area (Å²) in [6, 6.07) is 17.7. The van der Waals surface area contributed by atoms with Crippen molar-refractivity contribution in [2.75, 3.05) is 6.61 Å². The number of ether oxygens (including phenoxy) is 1. The minimum Gasteiger partial charge on any atom is -0.354 e. The standard InChI is InChI=1S/C23H17N3O3/c1-25-11-15(14-7-3-5-9-18(14)25)20-21(23(28)26(22(20)27)19-12-29-19)17-10-13-6-2-4-8-16(13)24-17/h2-11,19,24H,12H2,1H3. The molecule has 6 nitrogen and oxygen atoms in total. The number of para-hydroxylation sites is 2. The van der Waals surface area contributed by atoms with Crippen molar-refractivity contribution in [2.45, 2.75) is 6.23 Å². The van der Waals surface area contributed by atoms with Gasteiger partial charge in [-0.25, -0.2) is 4.90 Å². The molecule has 1 atom stereocenters. The average Bonchev–Trinajstić information content (AvgIpc) is 3.29. The van der Waals surface area contributed by atoms with Crippen LogP contribution in [0.3, 0.4) is 0 Å². The highest BCUT2D eigenvalue weighted by Gasteiger charge is 2.48. The zero-order chi connectivity index (χ0) is 19.7. The van der Waals surface area contributed by atoms with Gasteiger partial charge >= 0.3 is 0 Å². The van der Waals surface area contributed by atoms with Gasteiger partial charge in [-0.05, 0) is 18.2 Å². The first kappa shape index (κ1) is 16.3. The molecule has 4 heterocycles. The number of aryl methyl sites for hydroxylation is 1. The highest BCUT2D eigenvalue weighted by Crippen LogP contribution is 2.41. The molecule has 0 saturated carbocycles. The van der Waals surface area contributed by atoms with Crippen LogP contribution >= 0.6 is 0 Å². The molecule has 142 valence electrons. The van der Waals surface area contributed by atoms with E-state index in [0.29, 0.717) is 23.4 Å². The molecular formula is C23H17N3O3. The van der Waals surface area contributed by atoms with Crippen molar-refractivity contribution >= 4 is 44.8 Å². The number of carbonyl (C=O) groups excluding carboxylic acids is 2. The van der Waals surface area contributed by atoms with Gasteiger partial charge in [-0.1, -0.05) is 36.4 Å². The van der Waals surface area contributed by atoms with E-state index in [1.165, 1.54) is 4.90 Å². The highest BCUT2D eigenvalue weighted by atomic mass is 16.6. The number of H-pyrrole nitrogens is 1. The van der Waals surface area contributed by atoms with E-state index in [2.05, 4.69) is 4.98 Å². The van der Waals surface area contributed by atoms with E-state index >= 15 is 0 Å². The van der Waals surface area contributed by atoms with Crippen LogP contribution in [0.5, 0.6) is 0 Å². The van der Waals surface area contributed by atoms with Gasteiger partial charge in [0.2, 0.25) is 0 Å². The number of aromatic nitrogens is 2. The molecule has 4 aromatic rings. The fourth-order valence-corrected chi connectivity index (χ4v) is 4.25. The van der Waals surface area contributed by atoms with Crippen LogP contribution < -0.4 is 0 Å². The van der Waals surface area contributed by atoms with Crippen LogP contribution in [0.4, 0.5) is 0 Å². The topological polar surface area (TPSA) is 70.6 Å². The molecule has 0 bridgehead atoms. The van der Waals surface area contributed by atoms with Crippen molar-refractivity contribution in [3.63, 3.8) is 0 Å². The minimum atomic E-state index is -0.471. The van der Waals surface area contributed by atoms with Crippen molar-refractivity contribution in [3.05, 3.63) is 72.1 Å². The Labute approximate surface area is 166 Å². The number of benzene rings is 2.